The SMILES string of the molecule is Clc1ccc(-c2ccc(-c3nc4ccccc4s3)o2)cc1. The second-order valence-electron chi connectivity index (χ2n) is 4.66. The second-order valence-corrected chi connectivity index (χ2v) is 6.12. The van der Waals surface area contributed by atoms with Crippen molar-refractivity contribution in [1.29, 1.82) is 0 Å². The Bertz CT molecular complexity index is 875. The van der Waals surface area contributed by atoms with Crippen molar-refractivity contribution in [2.24, 2.45) is 0 Å². The van der Waals surface area contributed by atoms with Crippen LogP contribution in [0.2, 0.25) is 5.02 Å². The molecule has 0 radical (unpaired) electrons. The van der Waals surface area contributed by atoms with Gasteiger partial charge in [-0.05, 0) is 48.5 Å². The summed E-state index contributed by atoms with van der Waals surface area (Å²) in [5, 5.41) is 1.62. The highest BCUT2D eigenvalue weighted by molar-refractivity contribution is 7.21. The maximum Gasteiger partial charge on any atom is 0.163 e. The van der Waals surface area contributed by atoms with Gasteiger partial charge in [0.2, 0.25) is 0 Å². The van der Waals surface area contributed by atoms with Crippen molar-refractivity contribution >= 4 is 33.2 Å². The zero-order valence-corrected chi connectivity index (χ0v) is 12.5. The van der Waals surface area contributed by atoms with Gasteiger partial charge in [0.05, 0.1) is 10.2 Å². The van der Waals surface area contributed by atoms with E-state index in [-0.39, 0.29) is 0 Å². The van der Waals surface area contributed by atoms with Crippen LogP contribution in [0.15, 0.2) is 65.1 Å². The summed E-state index contributed by atoms with van der Waals surface area (Å²) < 4.78 is 7.09. The largest absolute Gasteiger partial charge is 0.454 e. The molecule has 0 atom stereocenters. The Hall–Kier alpha value is -2.10. The lowest BCUT2D eigenvalue weighted by atomic mass is 10.2. The molecule has 2 aromatic carbocycles. The van der Waals surface area contributed by atoms with E-state index in [1.54, 1.807) is 11.3 Å². The summed E-state index contributed by atoms with van der Waals surface area (Å²) >= 11 is 7.54. The average molecular weight is 312 g/mol. The predicted octanol–water partition coefficient (Wildman–Crippen LogP) is 5.88. The molecule has 0 bridgehead atoms. The van der Waals surface area contributed by atoms with Crippen LogP contribution in [-0.2, 0) is 0 Å². The highest BCUT2D eigenvalue weighted by Gasteiger charge is 2.11. The van der Waals surface area contributed by atoms with E-state index in [0.29, 0.717) is 0 Å². The molecule has 4 rings (SSSR count). The molecule has 0 aliphatic carbocycles. The minimum Gasteiger partial charge on any atom is -0.454 e. The van der Waals surface area contributed by atoms with Gasteiger partial charge in [0.1, 0.15) is 5.76 Å². The summed E-state index contributed by atoms with van der Waals surface area (Å²) in [7, 11) is 0. The number of thiazole rings is 1. The van der Waals surface area contributed by atoms with E-state index in [9.17, 15) is 0 Å². The van der Waals surface area contributed by atoms with Crippen molar-refractivity contribution in [2.75, 3.05) is 0 Å². The predicted molar refractivity (Wildman–Crippen MR) is 87.8 cm³/mol. The maximum atomic E-state index is 5.93. The Balaban J connectivity index is 1.75. The molecule has 2 aromatic heterocycles. The minimum absolute atomic E-state index is 0.719. The van der Waals surface area contributed by atoms with Crippen LogP contribution in [0.5, 0.6) is 0 Å². The number of furan rings is 1. The number of hydrogen-bond acceptors (Lipinski definition) is 3. The average Bonchev–Trinajstić information content (AvgIpc) is 3.14. The van der Waals surface area contributed by atoms with E-state index in [1.165, 1.54) is 0 Å². The third-order valence-electron chi connectivity index (χ3n) is 3.24. The molecular formula is C17H10ClNOS. The number of benzene rings is 2. The Kier molecular flexibility index (Phi) is 3.02. The van der Waals surface area contributed by atoms with Crippen LogP contribution in [0.3, 0.4) is 0 Å². The minimum atomic E-state index is 0.719. The van der Waals surface area contributed by atoms with Gasteiger partial charge in [-0.15, -0.1) is 11.3 Å². The van der Waals surface area contributed by atoms with Gasteiger partial charge in [-0.2, -0.15) is 0 Å². The molecule has 0 saturated carbocycles. The summed E-state index contributed by atoms with van der Waals surface area (Å²) in [5.41, 5.74) is 2.01. The summed E-state index contributed by atoms with van der Waals surface area (Å²) in [6.07, 6.45) is 0. The number of halogens is 1. The molecule has 4 aromatic rings. The highest BCUT2D eigenvalue weighted by atomic mass is 35.5. The number of hydrogen-bond donors (Lipinski definition) is 0. The summed E-state index contributed by atoms with van der Waals surface area (Å²) in [6.45, 7) is 0. The smallest absolute Gasteiger partial charge is 0.163 e. The lowest BCUT2D eigenvalue weighted by Crippen LogP contribution is -1.73. The van der Waals surface area contributed by atoms with E-state index in [4.69, 9.17) is 16.0 Å². The van der Waals surface area contributed by atoms with E-state index >= 15 is 0 Å². The Morgan fingerprint density at radius 3 is 2.43 bits per heavy atom. The van der Waals surface area contributed by atoms with E-state index in [0.717, 1.165) is 37.3 Å². The van der Waals surface area contributed by atoms with Gasteiger partial charge in [0.25, 0.3) is 0 Å². The molecule has 102 valence electrons. The normalized spacial score (nSPS) is 11.1. The second kappa shape index (κ2) is 5.02. The summed E-state index contributed by atoms with van der Waals surface area (Å²) in [4.78, 5) is 4.61. The van der Waals surface area contributed by atoms with Gasteiger partial charge in [-0.3, -0.25) is 0 Å². The topological polar surface area (TPSA) is 26.0 Å². The van der Waals surface area contributed by atoms with Gasteiger partial charge in [0, 0.05) is 10.6 Å². The number of rotatable bonds is 2. The van der Waals surface area contributed by atoms with Crippen LogP contribution in [0, 0.1) is 0 Å². The molecule has 0 N–H and O–H groups in total. The fraction of sp³-hybridized carbons (Fsp3) is 0. The molecule has 0 spiro atoms. The van der Waals surface area contributed by atoms with E-state index in [2.05, 4.69) is 11.1 Å². The van der Waals surface area contributed by atoms with Gasteiger partial charge in [-0.25, -0.2) is 4.98 Å². The third kappa shape index (κ3) is 2.35. The van der Waals surface area contributed by atoms with Crippen molar-refractivity contribution in [3.05, 3.63) is 65.7 Å². The van der Waals surface area contributed by atoms with Gasteiger partial charge >= 0.3 is 0 Å². The zero-order valence-electron chi connectivity index (χ0n) is 10.9. The number of para-hydroxylation sites is 1. The molecule has 2 heterocycles. The van der Waals surface area contributed by atoms with Crippen molar-refractivity contribution in [2.45, 2.75) is 0 Å². The van der Waals surface area contributed by atoms with Crippen LogP contribution >= 0.6 is 22.9 Å². The lowest BCUT2D eigenvalue weighted by molar-refractivity contribution is 0.597. The van der Waals surface area contributed by atoms with Crippen LogP contribution in [0.25, 0.3) is 32.3 Å². The Labute approximate surface area is 130 Å². The van der Waals surface area contributed by atoms with Crippen LogP contribution in [0.1, 0.15) is 0 Å². The van der Waals surface area contributed by atoms with Crippen LogP contribution in [-0.4, -0.2) is 4.98 Å². The molecule has 0 aliphatic heterocycles. The zero-order chi connectivity index (χ0) is 14.2. The van der Waals surface area contributed by atoms with Crippen LogP contribution in [0.4, 0.5) is 0 Å². The fourth-order valence-electron chi connectivity index (χ4n) is 2.20. The fourth-order valence-corrected chi connectivity index (χ4v) is 3.25. The highest BCUT2D eigenvalue weighted by Crippen LogP contribution is 2.33. The standard InChI is InChI=1S/C17H10ClNOS/c18-12-7-5-11(6-8-12)14-9-10-15(20-14)17-19-13-3-1-2-4-16(13)21-17/h1-10H. The monoisotopic (exact) mass is 311 g/mol. The molecule has 0 amide bonds. The molecule has 0 aliphatic rings. The van der Waals surface area contributed by atoms with Gasteiger partial charge in [-0.1, -0.05) is 23.7 Å². The first-order valence-corrected chi connectivity index (χ1v) is 7.71. The molecular weight excluding hydrogens is 302 g/mol. The van der Waals surface area contributed by atoms with Crippen molar-refractivity contribution in [3.63, 3.8) is 0 Å². The van der Waals surface area contributed by atoms with Gasteiger partial charge < -0.3 is 4.42 Å². The Morgan fingerprint density at radius 1 is 0.857 bits per heavy atom. The number of nitrogens with zero attached hydrogens (tertiary/aromatic N) is 1. The molecule has 0 unspecified atom stereocenters. The third-order valence-corrected chi connectivity index (χ3v) is 4.54. The van der Waals surface area contributed by atoms with Crippen molar-refractivity contribution in [3.8, 4) is 22.1 Å². The summed E-state index contributed by atoms with van der Waals surface area (Å²) in [5.74, 6) is 1.61. The first-order chi connectivity index (χ1) is 10.3. The molecule has 4 heteroatoms. The molecule has 21 heavy (non-hydrogen) atoms. The van der Waals surface area contributed by atoms with Crippen molar-refractivity contribution < 1.29 is 4.42 Å². The van der Waals surface area contributed by atoms with Crippen LogP contribution < -0.4 is 0 Å². The Morgan fingerprint density at radius 2 is 1.62 bits per heavy atom. The van der Waals surface area contributed by atoms with E-state index < -0.39 is 0 Å². The molecule has 0 saturated heterocycles. The molecule has 0 fully saturated rings. The lowest BCUT2D eigenvalue weighted by Gasteiger charge is -1.96. The number of aromatic nitrogens is 1. The summed E-state index contributed by atoms with van der Waals surface area (Å²) in [6, 6.07) is 19.6. The molecule has 2 nitrogen and oxygen atoms in total. The van der Waals surface area contributed by atoms with Gasteiger partial charge in [0.15, 0.2) is 10.8 Å². The maximum absolute atomic E-state index is 5.93. The van der Waals surface area contributed by atoms with Crippen molar-refractivity contribution in [1.82, 2.24) is 4.98 Å². The first kappa shape index (κ1) is 12.6. The van der Waals surface area contributed by atoms with E-state index in [1.807, 2.05) is 54.6 Å². The number of fused-ring (bicyclic) bond motifs is 1. The quantitative estimate of drug-likeness (QED) is 0.462. The first-order valence-electron chi connectivity index (χ1n) is 6.51.